The molecule has 0 bridgehead atoms. The Morgan fingerprint density at radius 3 is 2.95 bits per heavy atom. The van der Waals surface area contributed by atoms with Gasteiger partial charge in [0.1, 0.15) is 0 Å². The molecule has 2 aromatic heterocycles. The molecule has 2 heterocycles. The number of aryl methyl sites for hydroxylation is 1. The van der Waals surface area contributed by atoms with E-state index in [4.69, 9.17) is 0 Å². The second-order valence-corrected chi connectivity index (χ2v) is 5.77. The number of aromatic nitrogens is 2. The number of rotatable bonds is 7. The second kappa shape index (κ2) is 10.6. The molecule has 2 aromatic rings. The molecular formula is C15H24IN5S. The highest BCUT2D eigenvalue weighted by molar-refractivity contribution is 14.0. The van der Waals surface area contributed by atoms with Gasteiger partial charge in [0.2, 0.25) is 0 Å². The van der Waals surface area contributed by atoms with Crippen LogP contribution in [0.1, 0.15) is 24.8 Å². The van der Waals surface area contributed by atoms with Crippen LogP contribution in [0.4, 0.5) is 0 Å². The minimum atomic E-state index is 0. The second-order valence-electron chi connectivity index (χ2n) is 4.99. The molecule has 122 valence electrons. The first-order valence-electron chi connectivity index (χ1n) is 7.22. The Balaban J connectivity index is 0.00000242. The van der Waals surface area contributed by atoms with E-state index < -0.39 is 0 Å². The van der Waals surface area contributed by atoms with Crippen molar-refractivity contribution in [3.05, 3.63) is 41.1 Å². The first-order valence-corrected chi connectivity index (χ1v) is 8.16. The van der Waals surface area contributed by atoms with E-state index in [2.05, 4.69) is 48.9 Å². The van der Waals surface area contributed by atoms with Crippen molar-refractivity contribution < 1.29 is 0 Å². The van der Waals surface area contributed by atoms with Crippen molar-refractivity contribution >= 4 is 41.3 Å². The van der Waals surface area contributed by atoms with Crippen molar-refractivity contribution in [2.75, 3.05) is 20.1 Å². The first-order chi connectivity index (χ1) is 10.3. The highest BCUT2D eigenvalue weighted by atomic mass is 127. The maximum Gasteiger partial charge on any atom is 0.190 e. The number of nitrogens with one attached hydrogen (secondary N) is 2. The maximum atomic E-state index is 4.25. The van der Waals surface area contributed by atoms with Crippen LogP contribution in [0.25, 0.3) is 0 Å². The Bertz CT molecular complexity index is 524. The van der Waals surface area contributed by atoms with Gasteiger partial charge in [0.05, 0.1) is 6.33 Å². The molecule has 0 spiro atoms. The van der Waals surface area contributed by atoms with Crippen LogP contribution in [-0.2, 0) is 6.54 Å². The maximum absolute atomic E-state index is 4.25. The van der Waals surface area contributed by atoms with E-state index in [-0.39, 0.29) is 24.0 Å². The van der Waals surface area contributed by atoms with E-state index in [1.54, 1.807) is 24.6 Å². The van der Waals surface area contributed by atoms with Crippen molar-refractivity contribution in [1.82, 2.24) is 20.2 Å². The molecule has 0 saturated carbocycles. The SMILES string of the molecule is CN=C(NCCCn1ccnc1)NCC(C)c1ccsc1.I. The summed E-state index contributed by atoms with van der Waals surface area (Å²) in [6.45, 7) is 4.97. The number of aliphatic imine (C=N–C) groups is 1. The molecule has 2 N–H and O–H groups in total. The Hall–Kier alpha value is -1.09. The van der Waals surface area contributed by atoms with Gasteiger partial charge in [0, 0.05) is 39.1 Å². The largest absolute Gasteiger partial charge is 0.356 e. The fourth-order valence-electron chi connectivity index (χ4n) is 2.03. The van der Waals surface area contributed by atoms with Gasteiger partial charge in [-0.3, -0.25) is 4.99 Å². The number of guanidine groups is 1. The van der Waals surface area contributed by atoms with Crippen molar-refractivity contribution in [3.8, 4) is 0 Å². The van der Waals surface area contributed by atoms with Gasteiger partial charge in [0.15, 0.2) is 5.96 Å². The summed E-state index contributed by atoms with van der Waals surface area (Å²) in [5.41, 5.74) is 1.38. The molecule has 0 aliphatic carbocycles. The van der Waals surface area contributed by atoms with Crippen LogP contribution in [0, 0.1) is 0 Å². The Morgan fingerprint density at radius 2 is 2.32 bits per heavy atom. The summed E-state index contributed by atoms with van der Waals surface area (Å²) in [6.07, 6.45) is 6.67. The van der Waals surface area contributed by atoms with E-state index in [0.717, 1.165) is 32.0 Å². The minimum Gasteiger partial charge on any atom is -0.356 e. The van der Waals surface area contributed by atoms with E-state index in [9.17, 15) is 0 Å². The molecule has 22 heavy (non-hydrogen) atoms. The molecular weight excluding hydrogens is 409 g/mol. The van der Waals surface area contributed by atoms with Crippen LogP contribution in [0.2, 0.25) is 0 Å². The van der Waals surface area contributed by atoms with Crippen LogP contribution < -0.4 is 10.6 Å². The first kappa shape index (κ1) is 19.0. The zero-order valence-electron chi connectivity index (χ0n) is 13.0. The number of nitrogens with zero attached hydrogens (tertiary/aromatic N) is 3. The van der Waals surface area contributed by atoms with Crippen LogP contribution in [-0.4, -0.2) is 35.6 Å². The number of halogens is 1. The summed E-state index contributed by atoms with van der Waals surface area (Å²) in [6, 6.07) is 2.18. The quantitative estimate of drug-likeness (QED) is 0.306. The van der Waals surface area contributed by atoms with Gasteiger partial charge in [-0.15, -0.1) is 24.0 Å². The number of hydrogen-bond acceptors (Lipinski definition) is 3. The molecule has 7 heteroatoms. The Labute approximate surface area is 153 Å². The molecule has 0 saturated heterocycles. The monoisotopic (exact) mass is 433 g/mol. The normalized spacial score (nSPS) is 12.5. The molecule has 0 aromatic carbocycles. The number of imidazole rings is 1. The van der Waals surface area contributed by atoms with E-state index >= 15 is 0 Å². The Morgan fingerprint density at radius 1 is 1.45 bits per heavy atom. The van der Waals surface area contributed by atoms with Crippen molar-refractivity contribution in [2.45, 2.75) is 25.8 Å². The predicted octanol–water partition coefficient (Wildman–Crippen LogP) is 2.92. The zero-order chi connectivity index (χ0) is 14.9. The lowest BCUT2D eigenvalue weighted by Gasteiger charge is -2.15. The lowest BCUT2D eigenvalue weighted by molar-refractivity contribution is 0.620. The topological polar surface area (TPSA) is 54.2 Å². The standard InChI is InChI=1S/C15H23N5S.HI/c1-13(14-4-9-21-11-14)10-19-15(16-2)18-5-3-7-20-8-6-17-12-20;/h4,6,8-9,11-13H,3,5,7,10H2,1-2H3,(H2,16,18,19);1H. The summed E-state index contributed by atoms with van der Waals surface area (Å²) in [5.74, 6) is 1.35. The molecule has 1 unspecified atom stereocenters. The van der Waals surface area contributed by atoms with E-state index in [1.165, 1.54) is 5.56 Å². The molecule has 1 atom stereocenters. The van der Waals surface area contributed by atoms with Crippen molar-refractivity contribution in [1.29, 1.82) is 0 Å². The van der Waals surface area contributed by atoms with Gasteiger partial charge < -0.3 is 15.2 Å². The molecule has 0 amide bonds. The lowest BCUT2D eigenvalue weighted by atomic mass is 10.1. The van der Waals surface area contributed by atoms with Gasteiger partial charge in [-0.25, -0.2) is 4.98 Å². The van der Waals surface area contributed by atoms with Crippen LogP contribution in [0.15, 0.2) is 40.5 Å². The molecule has 2 rings (SSSR count). The van der Waals surface area contributed by atoms with Gasteiger partial charge in [-0.2, -0.15) is 11.3 Å². The summed E-state index contributed by atoms with van der Waals surface area (Å²) in [5, 5.41) is 11.0. The minimum absolute atomic E-state index is 0. The van der Waals surface area contributed by atoms with Crippen LogP contribution in [0.3, 0.4) is 0 Å². The fraction of sp³-hybridized carbons (Fsp3) is 0.467. The third-order valence-electron chi connectivity index (χ3n) is 3.36. The fourth-order valence-corrected chi connectivity index (χ4v) is 2.81. The molecule has 0 aliphatic heterocycles. The third kappa shape index (κ3) is 6.35. The zero-order valence-corrected chi connectivity index (χ0v) is 16.2. The summed E-state index contributed by atoms with van der Waals surface area (Å²) in [7, 11) is 1.81. The summed E-state index contributed by atoms with van der Waals surface area (Å²) in [4.78, 5) is 8.29. The molecule has 5 nitrogen and oxygen atoms in total. The van der Waals surface area contributed by atoms with Crippen molar-refractivity contribution in [2.24, 2.45) is 4.99 Å². The summed E-state index contributed by atoms with van der Waals surface area (Å²) >= 11 is 1.74. The van der Waals surface area contributed by atoms with E-state index in [1.807, 2.05) is 12.5 Å². The van der Waals surface area contributed by atoms with Gasteiger partial charge in [-0.05, 0) is 34.7 Å². The number of hydrogen-bond donors (Lipinski definition) is 2. The number of thiophene rings is 1. The van der Waals surface area contributed by atoms with Gasteiger partial charge in [-0.1, -0.05) is 6.92 Å². The molecule has 0 radical (unpaired) electrons. The van der Waals surface area contributed by atoms with Crippen LogP contribution in [0.5, 0.6) is 0 Å². The highest BCUT2D eigenvalue weighted by Crippen LogP contribution is 2.16. The van der Waals surface area contributed by atoms with Crippen molar-refractivity contribution in [3.63, 3.8) is 0 Å². The smallest absolute Gasteiger partial charge is 0.190 e. The predicted molar refractivity (Wildman–Crippen MR) is 104 cm³/mol. The Kier molecular flexibility index (Phi) is 9.14. The lowest BCUT2D eigenvalue weighted by Crippen LogP contribution is -2.39. The average molecular weight is 433 g/mol. The molecule has 0 aliphatic rings. The van der Waals surface area contributed by atoms with Gasteiger partial charge >= 0.3 is 0 Å². The highest BCUT2D eigenvalue weighted by Gasteiger charge is 2.06. The van der Waals surface area contributed by atoms with Crippen LogP contribution >= 0.6 is 35.3 Å². The molecule has 0 fully saturated rings. The average Bonchev–Trinajstić information content (AvgIpc) is 3.19. The third-order valence-corrected chi connectivity index (χ3v) is 4.06. The van der Waals surface area contributed by atoms with E-state index in [0.29, 0.717) is 5.92 Å². The summed E-state index contributed by atoms with van der Waals surface area (Å²) < 4.78 is 2.08. The van der Waals surface area contributed by atoms with Gasteiger partial charge in [0.25, 0.3) is 0 Å².